The summed E-state index contributed by atoms with van der Waals surface area (Å²) in [7, 11) is 9.99. The minimum Gasteiger partial charge on any atom is -0.383 e. The molecule has 2 unspecified atom stereocenters. The normalized spacial score (nSPS) is 13.9. The van der Waals surface area contributed by atoms with E-state index in [-0.39, 0.29) is 0 Å². The first kappa shape index (κ1) is 29.7. The van der Waals surface area contributed by atoms with Crippen molar-refractivity contribution in [1.82, 2.24) is 0 Å². The zero-order valence-electron chi connectivity index (χ0n) is 18.3. The number of hydrogen-bond acceptors (Lipinski definition) is 8. The molecule has 0 aromatic heterocycles. The van der Waals surface area contributed by atoms with Crippen LogP contribution in [0.5, 0.6) is 0 Å². The second kappa shape index (κ2) is 24.9. The van der Waals surface area contributed by atoms with Gasteiger partial charge in [0, 0.05) is 83.1 Å². The summed E-state index contributed by atoms with van der Waals surface area (Å²) in [5, 5.41) is 0. The summed E-state index contributed by atoms with van der Waals surface area (Å²) in [5.74, 6) is 2.36. The zero-order valence-corrected chi connectivity index (χ0v) is 25.6. The Hall–Kier alpha value is 1.67. The van der Waals surface area contributed by atoms with Crippen molar-refractivity contribution in [3.63, 3.8) is 0 Å². The molecule has 170 valence electrons. The highest BCUT2D eigenvalue weighted by atomic mass is 33.7. The van der Waals surface area contributed by atoms with Crippen molar-refractivity contribution < 1.29 is 18.9 Å². The summed E-state index contributed by atoms with van der Waals surface area (Å²) < 4.78 is 22.5. The van der Waals surface area contributed by atoms with Crippen LogP contribution in [-0.2, 0) is 18.9 Å². The van der Waals surface area contributed by atoms with Gasteiger partial charge >= 0.3 is 0 Å². The summed E-state index contributed by atoms with van der Waals surface area (Å²) in [6.45, 7) is 9.24. The predicted octanol–water partition coefficient (Wildman–Crippen LogP) is 3.49. The summed E-state index contributed by atoms with van der Waals surface area (Å²) in [6.07, 6.45) is 6.82. The Morgan fingerprint density at radius 1 is 0.643 bits per heavy atom. The van der Waals surface area contributed by atoms with E-state index in [2.05, 4.69) is 0 Å². The van der Waals surface area contributed by atoms with Crippen molar-refractivity contribution in [2.24, 2.45) is 0 Å². The van der Waals surface area contributed by atoms with Crippen molar-refractivity contribution in [1.29, 1.82) is 0 Å². The van der Waals surface area contributed by atoms with E-state index in [9.17, 15) is 0 Å². The Morgan fingerprint density at radius 3 is 1.43 bits per heavy atom. The lowest BCUT2D eigenvalue weighted by atomic mass is 10.3. The van der Waals surface area contributed by atoms with Gasteiger partial charge in [0.05, 0.1) is 0 Å². The quantitative estimate of drug-likeness (QED) is 0.118. The van der Waals surface area contributed by atoms with Gasteiger partial charge in [0.1, 0.15) is 0 Å². The molecule has 0 spiro atoms. The van der Waals surface area contributed by atoms with Gasteiger partial charge in [0.15, 0.2) is 0 Å². The van der Waals surface area contributed by atoms with Gasteiger partial charge in [-0.15, -0.1) is 0 Å². The average Bonchev–Trinajstić information content (AvgIpc) is 2.69. The van der Waals surface area contributed by atoms with Gasteiger partial charge in [-0.05, 0) is 72.0 Å². The topological polar surface area (TPSA) is 36.9 Å². The summed E-state index contributed by atoms with van der Waals surface area (Å²) in [4.78, 5) is 0. The van der Waals surface area contributed by atoms with Gasteiger partial charge in [0.2, 0.25) is 0 Å². The maximum absolute atomic E-state index is 5.91. The summed E-state index contributed by atoms with van der Waals surface area (Å²) in [5.41, 5.74) is 0.990. The third-order valence-electron chi connectivity index (χ3n) is 3.92. The fourth-order valence-electron chi connectivity index (χ4n) is 2.17. The maximum Gasteiger partial charge on any atom is 0.0466 e. The van der Waals surface area contributed by atoms with Crippen LogP contribution in [0.1, 0.15) is 52.4 Å². The van der Waals surface area contributed by atoms with Crippen LogP contribution in [-0.4, -0.2) is 83.1 Å². The summed E-state index contributed by atoms with van der Waals surface area (Å²) >= 11 is 0. The zero-order chi connectivity index (χ0) is 20.7. The highest BCUT2D eigenvalue weighted by molar-refractivity contribution is 9.26. The third kappa shape index (κ3) is 23.9. The van der Waals surface area contributed by atoms with Crippen LogP contribution in [0, 0.1) is 0 Å². The van der Waals surface area contributed by atoms with Gasteiger partial charge in [-0.2, -0.15) is 0 Å². The molecule has 0 heterocycles. The second-order valence-electron chi connectivity index (χ2n) is 6.53. The first-order valence-electron chi connectivity index (χ1n) is 10.7. The van der Waals surface area contributed by atoms with E-state index < -0.39 is 0 Å². The molecule has 0 radical (unpaired) electrons. The highest BCUT2D eigenvalue weighted by Crippen LogP contribution is 2.43. The summed E-state index contributed by atoms with van der Waals surface area (Å²) in [6, 6.07) is 0. The molecule has 0 rings (SSSR count). The monoisotopic (exact) mass is 506 g/mol. The first-order chi connectivity index (χ1) is 13.7. The maximum atomic E-state index is 5.91. The van der Waals surface area contributed by atoms with Gasteiger partial charge in [-0.25, -0.2) is 0 Å². The van der Waals surface area contributed by atoms with Crippen molar-refractivity contribution in [2.75, 3.05) is 51.1 Å². The molecule has 28 heavy (non-hydrogen) atoms. The van der Waals surface area contributed by atoms with E-state index in [0.29, 0.717) is 11.5 Å². The number of ether oxygens (including phenoxy) is 4. The molecular weight excluding hydrogens is 465 g/mol. The van der Waals surface area contributed by atoms with Crippen LogP contribution >= 0.6 is 41.2 Å². The lowest BCUT2D eigenvalue weighted by Crippen LogP contribution is -2.14. The van der Waals surface area contributed by atoms with E-state index >= 15 is 0 Å². The molecule has 0 saturated heterocycles. The highest BCUT2D eigenvalue weighted by Gasteiger charge is 2.04. The molecule has 0 bridgehead atoms. The van der Waals surface area contributed by atoms with Crippen LogP contribution in [0.2, 0.25) is 0 Å². The molecule has 0 saturated carbocycles. The van der Waals surface area contributed by atoms with Crippen molar-refractivity contribution >= 4 is 61.7 Å². The van der Waals surface area contributed by atoms with Gasteiger partial charge in [0.25, 0.3) is 0 Å². The molecule has 10 heteroatoms. The first-order valence-corrected chi connectivity index (χ1v) is 18.1. The van der Waals surface area contributed by atoms with Crippen LogP contribution in [0.4, 0.5) is 0 Å². The fraction of sp³-hybridized carbons (Fsp3) is 1.00. The Bertz CT molecular complexity index is 283. The molecule has 0 amide bonds. The molecule has 4 nitrogen and oxygen atoms in total. The Morgan fingerprint density at radius 2 is 1.04 bits per heavy atom. The smallest absolute Gasteiger partial charge is 0.0466 e. The molecule has 0 N–H and O–H groups in total. The van der Waals surface area contributed by atoms with Crippen LogP contribution in [0.15, 0.2) is 0 Å². The second-order valence-corrected chi connectivity index (χ2v) is 15.3. The predicted molar refractivity (Wildman–Crippen MR) is 140 cm³/mol. The minimum atomic E-state index is 0.495. The van der Waals surface area contributed by atoms with Gasteiger partial charge in [-0.1, -0.05) is 21.6 Å². The van der Waals surface area contributed by atoms with Crippen molar-refractivity contribution in [3.05, 3.63) is 0 Å². The molecule has 2 atom stereocenters. The van der Waals surface area contributed by atoms with Crippen LogP contribution in [0.3, 0.4) is 0 Å². The standard InChI is InChI=1S/C18H42O4S4Si2/c1-3-19-11-5-7-13-21-17(27)9-15-23-25-26-24-16-10-18(28)22-14-8-6-12-20-4-2/h17-18H,3-16H2,1-2,27-28H3. The average molecular weight is 507 g/mol. The lowest BCUT2D eigenvalue weighted by Gasteiger charge is -2.13. The molecule has 0 aromatic carbocycles. The Labute approximate surface area is 194 Å². The largest absolute Gasteiger partial charge is 0.383 e. The SMILES string of the molecule is CCOCCCCOC([SiH3])CCSSSSCCC([SiH3])OCCCCOCC. The Kier molecular flexibility index (Phi) is 26.4. The molecule has 0 aliphatic heterocycles. The third-order valence-corrected chi connectivity index (χ3v) is 12.3. The number of unbranched alkanes of at least 4 members (excludes halogenated alkanes) is 2. The minimum absolute atomic E-state index is 0.495. The van der Waals surface area contributed by atoms with Crippen LogP contribution < -0.4 is 0 Å². The molecule has 0 aliphatic carbocycles. The van der Waals surface area contributed by atoms with E-state index in [4.69, 9.17) is 18.9 Å². The van der Waals surface area contributed by atoms with E-state index in [1.807, 2.05) is 55.1 Å². The lowest BCUT2D eigenvalue weighted by molar-refractivity contribution is 0.0890. The van der Waals surface area contributed by atoms with Crippen molar-refractivity contribution in [2.45, 2.75) is 63.8 Å². The molecular formula is C18H42O4S4Si2. The molecule has 0 aliphatic rings. The number of rotatable bonds is 23. The van der Waals surface area contributed by atoms with Gasteiger partial charge < -0.3 is 18.9 Å². The number of hydrogen-bond donors (Lipinski definition) is 0. The fourth-order valence-corrected chi connectivity index (χ4v) is 10.4. The van der Waals surface area contributed by atoms with E-state index in [0.717, 1.165) is 85.8 Å². The van der Waals surface area contributed by atoms with Gasteiger partial charge in [-0.3, -0.25) is 0 Å². The molecule has 0 fully saturated rings. The van der Waals surface area contributed by atoms with Crippen LogP contribution in [0.25, 0.3) is 0 Å². The molecule has 0 aromatic rings. The Balaban J connectivity index is 3.23. The van der Waals surface area contributed by atoms with E-state index in [1.165, 1.54) is 24.3 Å². The van der Waals surface area contributed by atoms with E-state index in [1.54, 1.807) is 0 Å². The van der Waals surface area contributed by atoms with Crippen molar-refractivity contribution in [3.8, 4) is 0 Å².